The molecule has 0 fully saturated rings. The van der Waals surface area contributed by atoms with Crippen LogP contribution >= 0.6 is 0 Å². The van der Waals surface area contributed by atoms with Crippen molar-refractivity contribution in [3.63, 3.8) is 0 Å². The number of nitrogen functional groups attached to an aromatic ring is 1. The van der Waals surface area contributed by atoms with Crippen LogP contribution in [0.25, 0.3) is 0 Å². The van der Waals surface area contributed by atoms with Gasteiger partial charge in [-0.1, -0.05) is 20.8 Å². The average Bonchev–Trinajstić information content (AvgIpc) is 2.18. The van der Waals surface area contributed by atoms with Crippen LogP contribution in [0, 0.1) is 12.3 Å². The van der Waals surface area contributed by atoms with Gasteiger partial charge >= 0.3 is 0 Å². The Morgan fingerprint density at radius 3 is 2.56 bits per heavy atom. The molecule has 16 heavy (non-hydrogen) atoms. The van der Waals surface area contributed by atoms with E-state index in [9.17, 15) is 9.90 Å². The lowest BCUT2D eigenvalue weighted by Gasteiger charge is -2.24. The molecule has 4 heteroatoms. The summed E-state index contributed by atoms with van der Waals surface area (Å²) in [6.45, 7) is 7.23. The number of carbonyl (C=O) groups is 1. The summed E-state index contributed by atoms with van der Waals surface area (Å²) in [5.74, 6) is -0.208. The average molecular weight is 222 g/mol. The number of aliphatic hydroxyl groups excluding tert-OH is 1. The minimum atomic E-state index is -1.07. The van der Waals surface area contributed by atoms with E-state index in [-0.39, 0.29) is 11.6 Å². The number of rotatable bonds is 2. The van der Waals surface area contributed by atoms with Crippen molar-refractivity contribution in [1.82, 2.24) is 4.98 Å². The number of aliphatic hydroxyl groups is 1. The second kappa shape index (κ2) is 4.22. The molecule has 1 atom stereocenters. The number of pyridine rings is 1. The van der Waals surface area contributed by atoms with Gasteiger partial charge in [-0.05, 0) is 24.0 Å². The lowest BCUT2D eigenvalue weighted by Crippen LogP contribution is -2.34. The van der Waals surface area contributed by atoms with E-state index in [2.05, 4.69) is 4.98 Å². The molecule has 0 aliphatic rings. The Morgan fingerprint density at radius 2 is 2.06 bits per heavy atom. The second-order valence-electron chi connectivity index (χ2n) is 5.08. The molecule has 0 radical (unpaired) electrons. The molecule has 0 saturated heterocycles. The summed E-state index contributed by atoms with van der Waals surface area (Å²) in [7, 11) is 0. The van der Waals surface area contributed by atoms with Crippen molar-refractivity contribution in [2.24, 2.45) is 5.41 Å². The number of nitrogens with zero attached hydrogens (tertiary/aromatic N) is 1. The Labute approximate surface area is 95.5 Å². The third-order valence-corrected chi connectivity index (χ3v) is 2.39. The van der Waals surface area contributed by atoms with Crippen LogP contribution in [-0.2, 0) is 0 Å². The normalized spacial score (nSPS) is 13.6. The maximum Gasteiger partial charge on any atom is 0.195 e. The molecule has 0 saturated carbocycles. The van der Waals surface area contributed by atoms with E-state index in [1.54, 1.807) is 33.0 Å². The highest BCUT2D eigenvalue weighted by atomic mass is 16.3. The van der Waals surface area contributed by atoms with Gasteiger partial charge in [0.25, 0.3) is 0 Å². The van der Waals surface area contributed by atoms with Gasteiger partial charge in [-0.3, -0.25) is 4.79 Å². The fourth-order valence-corrected chi connectivity index (χ4v) is 1.32. The second-order valence-corrected chi connectivity index (χ2v) is 5.08. The SMILES string of the molecule is Cc1cnc(N)c(C(=O)C(O)C(C)(C)C)c1. The molecule has 0 aliphatic heterocycles. The predicted octanol–water partition coefficient (Wildman–Crippen LogP) is 1.56. The summed E-state index contributed by atoms with van der Waals surface area (Å²) in [6, 6.07) is 1.65. The van der Waals surface area contributed by atoms with Gasteiger partial charge in [0.15, 0.2) is 5.78 Å². The quantitative estimate of drug-likeness (QED) is 0.744. The number of hydrogen-bond acceptors (Lipinski definition) is 4. The summed E-state index contributed by atoms with van der Waals surface area (Å²) in [4.78, 5) is 15.9. The minimum Gasteiger partial charge on any atom is -0.384 e. The number of nitrogens with two attached hydrogens (primary N) is 1. The van der Waals surface area contributed by atoms with E-state index >= 15 is 0 Å². The van der Waals surface area contributed by atoms with Crippen molar-refractivity contribution >= 4 is 11.6 Å². The molecule has 0 bridgehead atoms. The largest absolute Gasteiger partial charge is 0.384 e. The molecule has 0 amide bonds. The van der Waals surface area contributed by atoms with Gasteiger partial charge in [0, 0.05) is 6.20 Å². The Hall–Kier alpha value is -1.42. The molecule has 1 rings (SSSR count). The van der Waals surface area contributed by atoms with Crippen molar-refractivity contribution < 1.29 is 9.90 Å². The number of ketones is 1. The van der Waals surface area contributed by atoms with Crippen LogP contribution < -0.4 is 5.73 Å². The van der Waals surface area contributed by atoms with Gasteiger partial charge in [0.2, 0.25) is 0 Å². The van der Waals surface area contributed by atoms with E-state index in [0.29, 0.717) is 5.56 Å². The molecule has 4 nitrogen and oxygen atoms in total. The summed E-state index contributed by atoms with van der Waals surface area (Å²) in [5.41, 5.74) is 6.26. The van der Waals surface area contributed by atoms with Crippen LogP contribution in [0.2, 0.25) is 0 Å². The molecular formula is C12H18N2O2. The number of aromatic nitrogens is 1. The van der Waals surface area contributed by atoms with Gasteiger partial charge in [0.1, 0.15) is 11.9 Å². The first-order valence-electron chi connectivity index (χ1n) is 5.18. The summed E-state index contributed by atoms with van der Waals surface area (Å²) >= 11 is 0. The Balaban J connectivity index is 3.10. The maximum atomic E-state index is 12.0. The van der Waals surface area contributed by atoms with Crippen molar-refractivity contribution in [1.29, 1.82) is 0 Å². The van der Waals surface area contributed by atoms with Crippen LogP contribution in [-0.4, -0.2) is 22.0 Å². The zero-order valence-electron chi connectivity index (χ0n) is 10.1. The van der Waals surface area contributed by atoms with E-state index in [0.717, 1.165) is 5.56 Å². The van der Waals surface area contributed by atoms with Crippen molar-refractivity contribution in [2.75, 3.05) is 5.73 Å². The summed E-state index contributed by atoms with van der Waals surface area (Å²) in [5, 5.41) is 9.89. The molecule has 0 aliphatic carbocycles. The first-order chi connectivity index (χ1) is 7.23. The smallest absolute Gasteiger partial charge is 0.195 e. The van der Waals surface area contributed by atoms with Crippen LogP contribution in [0.15, 0.2) is 12.3 Å². The summed E-state index contributed by atoms with van der Waals surface area (Å²) < 4.78 is 0. The monoisotopic (exact) mass is 222 g/mol. The van der Waals surface area contributed by atoms with Gasteiger partial charge in [-0.15, -0.1) is 0 Å². The molecule has 1 aromatic rings. The van der Waals surface area contributed by atoms with Crippen LogP contribution in [0.1, 0.15) is 36.7 Å². The predicted molar refractivity (Wildman–Crippen MR) is 63.2 cm³/mol. The van der Waals surface area contributed by atoms with Crippen LogP contribution in [0.5, 0.6) is 0 Å². The molecule has 3 N–H and O–H groups in total. The first-order valence-corrected chi connectivity index (χ1v) is 5.18. The van der Waals surface area contributed by atoms with Gasteiger partial charge in [-0.2, -0.15) is 0 Å². The van der Waals surface area contributed by atoms with E-state index in [4.69, 9.17) is 5.73 Å². The number of anilines is 1. The fraction of sp³-hybridized carbons (Fsp3) is 0.500. The standard InChI is InChI=1S/C12H18N2O2/c1-7-5-8(11(13)14-6-7)9(15)10(16)12(2,3)4/h5-6,10,16H,1-4H3,(H2,13,14). The van der Waals surface area contributed by atoms with Crippen LogP contribution in [0.3, 0.4) is 0 Å². The maximum absolute atomic E-state index is 12.0. The number of aryl methyl sites for hydroxylation is 1. The van der Waals surface area contributed by atoms with Crippen molar-refractivity contribution in [2.45, 2.75) is 33.8 Å². The molecular weight excluding hydrogens is 204 g/mol. The summed E-state index contributed by atoms with van der Waals surface area (Å²) in [6.07, 6.45) is 0.522. The molecule has 0 spiro atoms. The highest BCUT2D eigenvalue weighted by molar-refractivity contribution is 6.03. The van der Waals surface area contributed by atoms with Crippen molar-refractivity contribution in [3.05, 3.63) is 23.4 Å². The molecule has 1 aromatic heterocycles. The third-order valence-electron chi connectivity index (χ3n) is 2.39. The van der Waals surface area contributed by atoms with Crippen LogP contribution in [0.4, 0.5) is 5.82 Å². The highest BCUT2D eigenvalue weighted by Gasteiger charge is 2.31. The zero-order chi connectivity index (χ0) is 12.5. The van der Waals surface area contributed by atoms with Gasteiger partial charge in [-0.25, -0.2) is 4.98 Å². The first kappa shape index (κ1) is 12.6. The Bertz CT molecular complexity index is 408. The lowest BCUT2D eigenvalue weighted by molar-refractivity contribution is 0.0443. The lowest BCUT2D eigenvalue weighted by atomic mass is 9.84. The highest BCUT2D eigenvalue weighted by Crippen LogP contribution is 2.24. The van der Waals surface area contributed by atoms with Gasteiger partial charge in [0.05, 0.1) is 5.56 Å². The Kier molecular flexibility index (Phi) is 3.33. The van der Waals surface area contributed by atoms with Gasteiger partial charge < -0.3 is 10.8 Å². The van der Waals surface area contributed by atoms with E-state index in [1.807, 2.05) is 6.92 Å². The molecule has 88 valence electrons. The minimum absolute atomic E-state index is 0.166. The Morgan fingerprint density at radius 1 is 1.50 bits per heavy atom. The van der Waals surface area contributed by atoms with E-state index in [1.165, 1.54) is 0 Å². The zero-order valence-corrected chi connectivity index (χ0v) is 10.1. The number of Topliss-reactive ketones (excluding diaryl/α,β-unsaturated/α-hetero) is 1. The molecule has 1 heterocycles. The fourth-order valence-electron chi connectivity index (χ4n) is 1.32. The topological polar surface area (TPSA) is 76.2 Å². The number of hydrogen-bond donors (Lipinski definition) is 2. The molecule has 1 unspecified atom stereocenters. The molecule has 0 aromatic carbocycles. The number of carbonyl (C=O) groups excluding carboxylic acids is 1. The van der Waals surface area contributed by atoms with E-state index < -0.39 is 11.5 Å². The van der Waals surface area contributed by atoms with Crippen molar-refractivity contribution in [3.8, 4) is 0 Å². The third kappa shape index (κ3) is 2.58.